The van der Waals surface area contributed by atoms with Crippen LogP contribution < -0.4 is 4.74 Å². The highest BCUT2D eigenvalue weighted by Crippen LogP contribution is 2.35. The topological polar surface area (TPSA) is 108 Å². The number of aromatic nitrogens is 7. The van der Waals surface area contributed by atoms with E-state index in [-0.39, 0.29) is 5.82 Å². The van der Waals surface area contributed by atoms with E-state index in [1.807, 2.05) is 43.3 Å². The molecule has 6 aromatic rings. The summed E-state index contributed by atoms with van der Waals surface area (Å²) in [6.45, 7) is 1.20. The smallest absolute Gasteiger partial charge is 0.138 e. The van der Waals surface area contributed by atoms with Crippen molar-refractivity contribution in [2.75, 3.05) is 27.2 Å². The van der Waals surface area contributed by atoms with Crippen molar-refractivity contribution in [1.82, 2.24) is 40.0 Å². The van der Waals surface area contributed by atoms with Crippen LogP contribution in [0.5, 0.6) is 5.75 Å². The molecule has 5 aromatic heterocycles. The van der Waals surface area contributed by atoms with Gasteiger partial charge in [0, 0.05) is 47.5 Å². The number of fused-ring (bicyclic) bond motifs is 2. The summed E-state index contributed by atoms with van der Waals surface area (Å²) in [6, 6.07) is 10.6. The Bertz CT molecular complexity index is 1710. The average Bonchev–Trinajstić information content (AvgIpc) is 3.52. The number of hydrogen-bond acceptors (Lipinski definition) is 7. The first-order valence-corrected chi connectivity index (χ1v) is 11.7. The molecular formula is C27H23FN8O. The Kier molecular flexibility index (Phi) is 5.78. The Morgan fingerprint density at radius 2 is 1.81 bits per heavy atom. The van der Waals surface area contributed by atoms with Gasteiger partial charge in [-0.1, -0.05) is 0 Å². The number of likely N-dealkylation sites (N-methyl/N-ethyl adjacent to an activating group) is 1. The van der Waals surface area contributed by atoms with Crippen LogP contribution in [0.15, 0.2) is 67.5 Å². The molecular weight excluding hydrogens is 471 g/mol. The number of hydrogen-bond donors (Lipinski definition) is 2. The van der Waals surface area contributed by atoms with Crippen molar-refractivity contribution >= 4 is 21.9 Å². The van der Waals surface area contributed by atoms with Crippen LogP contribution in [0.1, 0.15) is 0 Å². The second kappa shape index (κ2) is 9.40. The highest BCUT2D eigenvalue weighted by Gasteiger charge is 2.16. The molecule has 0 atom stereocenters. The predicted molar refractivity (Wildman–Crippen MR) is 139 cm³/mol. The first-order chi connectivity index (χ1) is 18.0. The molecule has 0 unspecified atom stereocenters. The van der Waals surface area contributed by atoms with Crippen LogP contribution >= 0.6 is 0 Å². The van der Waals surface area contributed by atoms with E-state index in [1.54, 1.807) is 24.8 Å². The van der Waals surface area contributed by atoms with Crippen LogP contribution in [0.3, 0.4) is 0 Å². The summed E-state index contributed by atoms with van der Waals surface area (Å²) in [4.78, 5) is 22.6. The van der Waals surface area contributed by atoms with E-state index in [2.05, 4.69) is 35.1 Å². The SMILES string of the molecule is CN(C)CCOc1cc(F)cc(-c2ccnc3[nH]c(-c4n[nH]c5cnc(-c6cncnc6)cc45)cc23)c1. The number of benzene rings is 1. The summed E-state index contributed by atoms with van der Waals surface area (Å²) in [5.41, 5.74) is 6.08. The lowest BCUT2D eigenvalue weighted by Crippen LogP contribution is -2.19. The van der Waals surface area contributed by atoms with Crippen LogP contribution in [-0.4, -0.2) is 67.3 Å². The van der Waals surface area contributed by atoms with Crippen molar-refractivity contribution in [3.05, 3.63) is 73.3 Å². The van der Waals surface area contributed by atoms with Crippen molar-refractivity contribution in [3.63, 3.8) is 0 Å². The van der Waals surface area contributed by atoms with Gasteiger partial charge >= 0.3 is 0 Å². The molecule has 0 aliphatic heterocycles. The zero-order valence-corrected chi connectivity index (χ0v) is 20.2. The van der Waals surface area contributed by atoms with Crippen LogP contribution in [-0.2, 0) is 0 Å². The number of halogens is 1. The molecule has 9 nitrogen and oxygen atoms in total. The van der Waals surface area contributed by atoms with Gasteiger partial charge in [-0.25, -0.2) is 19.3 Å². The molecule has 10 heteroatoms. The molecule has 0 saturated heterocycles. The Hall–Kier alpha value is -4.70. The standard InChI is InChI=1S/C27H23FN8O/c1-36(2)5-6-37-19-8-16(7-18(28)9-19)20-3-4-31-27-21(20)10-24(33-27)26-22-11-23(17-12-29-15-30-13-17)32-14-25(22)34-35-26/h3-4,7-15H,5-6H2,1-2H3,(H,31,33)(H,34,35). The molecule has 0 spiro atoms. The molecule has 2 N–H and O–H groups in total. The number of nitrogens with zero attached hydrogens (tertiary/aromatic N) is 6. The van der Waals surface area contributed by atoms with E-state index in [1.165, 1.54) is 18.5 Å². The summed E-state index contributed by atoms with van der Waals surface area (Å²) in [5, 5.41) is 9.32. The molecule has 37 heavy (non-hydrogen) atoms. The fraction of sp³-hybridized carbons (Fsp3) is 0.148. The number of nitrogens with one attached hydrogen (secondary N) is 2. The van der Waals surface area contributed by atoms with Crippen molar-refractivity contribution in [2.45, 2.75) is 0 Å². The number of ether oxygens (including phenoxy) is 1. The third-order valence-electron chi connectivity index (χ3n) is 6.08. The van der Waals surface area contributed by atoms with Crippen molar-refractivity contribution < 1.29 is 9.13 Å². The molecule has 5 heterocycles. The normalized spacial score (nSPS) is 11.6. The van der Waals surface area contributed by atoms with Gasteiger partial charge in [-0.15, -0.1) is 0 Å². The zero-order chi connectivity index (χ0) is 25.4. The largest absolute Gasteiger partial charge is 0.492 e. The maximum absolute atomic E-state index is 14.5. The quantitative estimate of drug-likeness (QED) is 0.331. The van der Waals surface area contributed by atoms with Gasteiger partial charge < -0.3 is 14.6 Å². The van der Waals surface area contributed by atoms with Gasteiger partial charge in [0.05, 0.1) is 23.1 Å². The zero-order valence-electron chi connectivity index (χ0n) is 20.2. The van der Waals surface area contributed by atoms with E-state index < -0.39 is 0 Å². The third-order valence-corrected chi connectivity index (χ3v) is 6.08. The highest BCUT2D eigenvalue weighted by atomic mass is 19.1. The van der Waals surface area contributed by atoms with Gasteiger partial charge in [0.2, 0.25) is 0 Å². The van der Waals surface area contributed by atoms with E-state index >= 15 is 0 Å². The summed E-state index contributed by atoms with van der Waals surface area (Å²) in [7, 11) is 3.93. The maximum Gasteiger partial charge on any atom is 0.138 e. The van der Waals surface area contributed by atoms with Crippen LogP contribution in [0.4, 0.5) is 4.39 Å². The number of rotatable bonds is 7. The number of H-pyrrole nitrogens is 2. The fourth-order valence-electron chi connectivity index (χ4n) is 4.27. The first-order valence-electron chi connectivity index (χ1n) is 11.7. The van der Waals surface area contributed by atoms with E-state index in [0.717, 1.165) is 51.0 Å². The minimum Gasteiger partial charge on any atom is -0.492 e. The van der Waals surface area contributed by atoms with E-state index in [0.29, 0.717) is 23.6 Å². The Labute approximate surface area is 211 Å². The second-order valence-electron chi connectivity index (χ2n) is 8.95. The summed E-state index contributed by atoms with van der Waals surface area (Å²) < 4.78 is 20.3. The van der Waals surface area contributed by atoms with Crippen LogP contribution in [0.2, 0.25) is 0 Å². The molecule has 184 valence electrons. The first kappa shape index (κ1) is 22.7. The van der Waals surface area contributed by atoms with Crippen molar-refractivity contribution in [1.29, 1.82) is 0 Å². The minimum absolute atomic E-state index is 0.360. The van der Waals surface area contributed by atoms with Crippen LogP contribution in [0, 0.1) is 5.82 Å². The Morgan fingerprint density at radius 1 is 0.946 bits per heavy atom. The molecule has 0 radical (unpaired) electrons. The number of pyridine rings is 2. The van der Waals surface area contributed by atoms with Gasteiger partial charge in [-0.3, -0.25) is 10.1 Å². The number of aromatic amines is 2. The lowest BCUT2D eigenvalue weighted by molar-refractivity contribution is 0.260. The fourth-order valence-corrected chi connectivity index (χ4v) is 4.27. The van der Waals surface area contributed by atoms with E-state index in [9.17, 15) is 4.39 Å². The van der Waals surface area contributed by atoms with Gasteiger partial charge in [0.25, 0.3) is 0 Å². The Morgan fingerprint density at radius 3 is 2.65 bits per heavy atom. The van der Waals surface area contributed by atoms with Gasteiger partial charge in [-0.2, -0.15) is 5.10 Å². The van der Waals surface area contributed by atoms with Gasteiger partial charge in [-0.05, 0) is 55.6 Å². The average molecular weight is 495 g/mol. The third kappa shape index (κ3) is 4.50. The molecule has 0 saturated carbocycles. The lowest BCUT2D eigenvalue weighted by Gasteiger charge is -2.12. The molecule has 0 aliphatic rings. The molecule has 1 aromatic carbocycles. The highest BCUT2D eigenvalue weighted by molar-refractivity contribution is 6.00. The minimum atomic E-state index is -0.360. The molecule has 0 bridgehead atoms. The molecule has 0 aliphatic carbocycles. The van der Waals surface area contributed by atoms with Gasteiger partial charge in [0.1, 0.15) is 35.8 Å². The Balaban J connectivity index is 1.41. The second-order valence-corrected chi connectivity index (χ2v) is 8.95. The molecule has 0 fully saturated rings. The monoisotopic (exact) mass is 494 g/mol. The van der Waals surface area contributed by atoms with Gasteiger partial charge in [0.15, 0.2) is 0 Å². The lowest BCUT2D eigenvalue weighted by atomic mass is 10.0. The predicted octanol–water partition coefficient (Wildman–Crippen LogP) is 4.70. The summed E-state index contributed by atoms with van der Waals surface area (Å²) >= 11 is 0. The summed E-state index contributed by atoms with van der Waals surface area (Å²) in [6.07, 6.45) is 8.37. The van der Waals surface area contributed by atoms with Crippen LogP contribution in [0.25, 0.3) is 55.7 Å². The molecule has 6 rings (SSSR count). The van der Waals surface area contributed by atoms with Crippen molar-refractivity contribution in [2.24, 2.45) is 0 Å². The maximum atomic E-state index is 14.5. The summed E-state index contributed by atoms with van der Waals surface area (Å²) in [5.74, 6) is 0.127. The van der Waals surface area contributed by atoms with Crippen molar-refractivity contribution in [3.8, 4) is 39.5 Å². The molecule has 0 amide bonds. The van der Waals surface area contributed by atoms with E-state index in [4.69, 9.17) is 4.74 Å².